The smallest absolute Gasteiger partial charge is 0.417 e. The predicted octanol–water partition coefficient (Wildman–Crippen LogP) is 8.55. The zero-order valence-corrected chi connectivity index (χ0v) is 28.3. The zero-order valence-electron chi connectivity index (χ0n) is 27.5. The Kier molecular flexibility index (Phi) is 13.1. The van der Waals surface area contributed by atoms with E-state index in [1.165, 1.54) is 35.9 Å². The number of hydrogen-bond acceptors (Lipinski definition) is 6. The first-order chi connectivity index (χ1) is 23.3. The van der Waals surface area contributed by atoms with Crippen LogP contribution in [0.25, 0.3) is 22.3 Å². The molecule has 49 heavy (non-hydrogen) atoms. The highest BCUT2D eigenvalue weighted by Crippen LogP contribution is 2.39. The van der Waals surface area contributed by atoms with E-state index in [2.05, 4.69) is 0 Å². The lowest BCUT2D eigenvalue weighted by atomic mass is 9.96. The molecule has 0 aliphatic rings. The van der Waals surface area contributed by atoms with Crippen LogP contribution in [-0.2, 0) is 35.7 Å². The number of carboxylic acids is 2. The molecule has 8 nitrogen and oxygen atoms in total. The van der Waals surface area contributed by atoms with Crippen molar-refractivity contribution in [2.45, 2.75) is 70.9 Å². The molecule has 2 aromatic heterocycles. The maximum Gasteiger partial charge on any atom is 0.417 e. The van der Waals surface area contributed by atoms with Crippen molar-refractivity contribution < 1.29 is 42.4 Å². The summed E-state index contributed by atoms with van der Waals surface area (Å²) in [6.07, 6.45) is -0.220. The zero-order chi connectivity index (χ0) is 35.6. The molecule has 2 heterocycles. The Hall–Kier alpha value is -4.58. The highest BCUT2D eigenvalue weighted by Gasteiger charge is 2.36. The Morgan fingerprint density at radius 3 is 2.24 bits per heavy atom. The minimum Gasteiger partial charge on any atom is -0.494 e. The third kappa shape index (κ3) is 10.5. The van der Waals surface area contributed by atoms with Crippen molar-refractivity contribution in [2.24, 2.45) is 7.05 Å². The largest absolute Gasteiger partial charge is 0.494 e. The predicted molar refractivity (Wildman–Crippen MR) is 183 cm³/mol. The third-order valence-electron chi connectivity index (χ3n) is 8.25. The first kappa shape index (κ1) is 37.2. The second-order valence-corrected chi connectivity index (χ2v) is 12.6. The van der Waals surface area contributed by atoms with Gasteiger partial charge in [-0.25, -0.2) is 0 Å². The van der Waals surface area contributed by atoms with Crippen LogP contribution in [0.2, 0.25) is 0 Å². The molecule has 0 atom stereocenters. The van der Waals surface area contributed by atoms with Gasteiger partial charge in [0.15, 0.2) is 0 Å². The number of aromatic nitrogens is 1. The number of aliphatic carboxylic acids is 2. The number of hydrogen-bond donors (Lipinski definition) is 2. The second-order valence-electron chi connectivity index (χ2n) is 11.8. The SMILES string of the molecule is Cc1cc(C(F)(F)F)c(-c2cc(OCCCCCCc3cccc(OCCCC(=O)O)c3CCC(=O)O)cc(-c3ccsc3)c2)c(=O)n1C. The van der Waals surface area contributed by atoms with Crippen LogP contribution in [0.3, 0.4) is 0 Å². The van der Waals surface area contributed by atoms with Gasteiger partial charge in [-0.1, -0.05) is 25.0 Å². The van der Waals surface area contributed by atoms with Crippen molar-refractivity contribution in [3.05, 3.63) is 92.0 Å². The molecule has 4 aromatic rings. The molecule has 2 N–H and O–H groups in total. The number of halogens is 3. The van der Waals surface area contributed by atoms with E-state index >= 15 is 0 Å². The fourth-order valence-electron chi connectivity index (χ4n) is 5.61. The summed E-state index contributed by atoms with van der Waals surface area (Å²) in [6, 6.07) is 13.3. The maximum absolute atomic E-state index is 14.1. The number of ether oxygens (including phenoxy) is 2. The van der Waals surface area contributed by atoms with Crippen LogP contribution >= 0.6 is 11.3 Å². The normalized spacial score (nSPS) is 11.4. The second kappa shape index (κ2) is 17.2. The Bertz CT molecular complexity index is 1800. The number of pyridine rings is 1. The highest BCUT2D eigenvalue weighted by molar-refractivity contribution is 7.08. The van der Waals surface area contributed by atoms with Crippen molar-refractivity contribution in [2.75, 3.05) is 13.2 Å². The number of alkyl halides is 3. The van der Waals surface area contributed by atoms with Crippen molar-refractivity contribution in [3.8, 4) is 33.8 Å². The number of thiophene rings is 1. The van der Waals surface area contributed by atoms with E-state index < -0.39 is 34.8 Å². The minimum absolute atomic E-state index is 0.0132. The van der Waals surface area contributed by atoms with Crippen LogP contribution in [0.4, 0.5) is 13.2 Å². The van der Waals surface area contributed by atoms with Gasteiger partial charge in [-0.3, -0.25) is 14.4 Å². The summed E-state index contributed by atoms with van der Waals surface area (Å²) in [5, 5.41) is 21.9. The van der Waals surface area contributed by atoms with E-state index in [1.807, 2.05) is 29.0 Å². The van der Waals surface area contributed by atoms with Gasteiger partial charge in [-0.15, -0.1) is 0 Å². The fraction of sp³-hybridized carbons (Fsp3) is 0.378. The number of benzene rings is 2. The van der Waals surface area contributed by atoms with E-state index in [0.29, 0.717) is 49.4 Å². The number of carboxylic acid groups (broad SMARTS) is 2. The van der Waals surface area contributed by atoms with Gasteiger partial charge in [0.05, 0.1) is 24.3 Å². The lowest BCUT2D eigenvalue weighted by Gasteiger charge is -2.17. The molecule has 0 saturated carbocycles. The third-order valence-corrected chi connectivity index (χ3v) is 8.93. The van der Waals surface area contributed by atoms with Crippen LogP contribution in [0.15, 0.2) is 64.1 Å². The van der Waals surface area contributed by atoms with Gasteiger partial charge in [-0.05, 0) is 114 Å². The summed E-state index contributed by atoms with van der Waals surface area (Å²) in [6.45, 7) is 2.01. The lowest BCUT2D eigenvalue weighted by Crippen LogP contribution is -2.25. The molecule has 0 radical (unpaired) electrons. The van der Waals surface area contributed by atoms with Crippen molar-refractivity contribution >= 4 is 23.3 Å². The molecule has 2 aromatic carbocycles. The number of nitrogens with zero attached hydrogens (tertiary/aromatic N) is 1. The summed E-state index contributed by atoms with van der Waals surface area (Å²) in [7, 11) is 1.45. The molecule has 0 saturated heterocycles. The molecule has 4 rings (SSSR count). The molecule has 0 amide bonds. The number of unbranched alkanes of at least 4 members (excludes halogenated alkanes) is 3. The van der Waals surface area contributed by atoms with Gasteiger partial charge in [0, 0.05) is 25.6 Å². The van der Waals surface area contributed by atoms with Gasteiger partial charge < -0.3 is 24.3 Å². The van der Waals surface area contributed by atoms with E-state index in [-0.39, 0.29) is 30.7 Å². The monoisotopic (exact) mass is 699 g/mol. The van der Waals surface area contributed by atoms with E-state index in [0.717, 1.165) is 42.0 Å². The Morgan fingerprint density at radius 1 is 0.837 bits per heavy atom. The standard InChI is InChI=1S/C37H40F3NO7S/c1-24-19-31(37(38,39)40)35(36(46)41(24)2)28-20-27(26-15-18-49-23-26)21-29(22-28)47-16-6-4-3-5-9-25-10-7-11-32(30(25)13-14-34(44)45)48-17-8-12-33(42)43/h7,10-11,15,18-23H,3-6,8-9,12-14,16-17H2,1-2H3,(H,42,43)(H,44,45). The summed E-state index contributed by atoms with van der Waals surface area (Å²) >= 11 is 1.46. The Morgan fingerprint density at radius 2 is 1.55 bits per heavy atom. The average Bonchev–Trinajstić information content (AvgIpc) is 3.59. The van der Waals surface area contributed by atoms with E-state index in [1.54, 1.807) is 18.2 Å². The fourth-order valence-corrected chi connectivity index (χ4v) is 6.27. The summed E-state index contributed by atoms with van der Waals surface area (Å²) in [5.74, 6) is -0.869. The van der Waals surface area contributed by atoms with Crippen LogP contribution in [0.1, 0.15) is 67.3 Å². The van der Waals surface area contributed by atoms with Gasteiger partial charge >= 0.3 is 18.1 Å². The topological polar surface area (TPSA) is 115 Å². The minimum atomic E-state index is -4.72. The van der Waals surface area contributed by atoms with Crippen molar-refractivity contribution in [3.63, 3.8) is 0 Å². The van der Waals surface area contributed by atoms with Gasteiger partial charge in [0.25, 0.3) is 5.56 Å². The molecule has 0 unspecified atom stereocenters. The first-order valence-electron chi connectivity index (χ1n) is 16.1. The summed E-state index contributed by atoms with van der Waals surface area (Å²) in [5.41, 5.74) is 1.48. The molecule has 0 aliphatic heterocycles. The van der Waals surface area contributed by atoms with Crippen molar-refractivity contribution in [1.29, 1.82) is 0 Å². The maximum atomic E-state index is 14.1. The summed E-state index contributed by atoms with van der Waals surface area (Å²) in [4.78, 5) is 35.3. The van der Waals surface area contributed by atoms with Gasteiger partial charge in [0.2, 0.25) is 0 Å². The first-order valence-corrected chi connectivity index (χ1v) is 17.0. The van der Waals surface area contributed by atoms with E-state index in [9.17, 15) is 32.7 Å². The average molecular weight is 700 g/mol. The quantitative estimate of drug-likeness (QED) is 0.100. The van der Waals surface area contributed by atoms with Crippen LogP contribution in [0, 0.1) is 6.92 Å². The molecule has 12 heteroatoms. The summed E-state index contributed by atoms with van der Waals surface area (Å²) < 4.78 is 55.5. The van der Waals surface area contributed by atoms with Crippen LogP contribution in [-0.4, -0.2) is 39.9 Å². The number of aryl methyl sites for hydroxylation is 2. The number of carbonyl (C=O) groups is 2. The molecule has 262 valence electrons. The van der Waals surface area contributed by atoms with Gasteiger partial charge in [0.1, 0.15) is 11.5 Å². The van der Waals surface area contributed by atoms with E-state index in [4.69, 9.17) is 14.6 Å². The van der Waals surface area contributed by atoms with Crippen LogP contribution in [0.5, 0.6) is 11.5 Å². The highest BCUT2D eigenvalue weighted by atomic mass is 32.1. The molecule has 0 spiro atoms. The lowest BCUT2D eigenvalue weighted by molar-refractivity contribution is -0.138. The number of rotatable bonds is 18. The molecular formula is C37H40F3NO7S. The molecule has 0 aliphatic carbocycles. The molecular weight excluding hydrogens is 659 g/mol. The molecule has 0 fully saturated rings. The van der Waals surface area contributed by atoms with Crippen LogP contribution < -0.4 is 15.0 Å². The van der Waals surface area contributed by atoms with Gasteiger partial charge in [-0.2, -0.15) is 24.5 Å². The Labute approximate surface area is 286 Å². The van der Waals surface area contributed by atoms with Crippen molar-refractivity contribution in [1.82, 2.24) is 4.57 Å². The Balaban J connectivity index is 1.41. The molecule has 0 bridgehead atoms.